The number of hydrogen-bond acceptors (Lipinski definition) is 3. The van der Waals surface area contributed by atoms with Crippen LogP contribution in [0.2, 0.25) is 0 Å². The zero-order valence-corrected chi connectivity index (χ0v) is 16.3. The van der Waals surface area contributed by atoms with Crippen LogP contribution in [0.15, 0.2) is 0 Å². The Balaban J connectivity index is 1.37. The van der Waals surface area contributed by atoms with E-state index in [9.17, 15) is 5.11 Å². The maximum absolute atomic E-state index is 10.9. The van der Waals surface area contributed by atoms with Crippen LogP contribution in [0.5, 0.6) is 0 Å². The topological polar surface area (TPSA) is 32.7 Å². The molecule has 2 saturated carbocycles. The number of aliphatic hydroxyl groups is 1. The molecule has 0 spiro atoms. The van der Waals surface area contributed by atoms with Crippen molar-refractivity contribution in [2.45, 2.75) is 115 Å². The van der Waals surface area contributed by atoms with Gasteiger partial charge in [-0.2, -0.15) is 0 Å². The summed E-state index contributed by atoms with van der Waals surface area (Å²) >= 11 is 0. The molecule has 25 heavy (non-hydrogen) atoms. The van der Waals surface area contributed by atoms with E-state index in [1.54, 1.807) is 0 Å². The number of piperidine rings is 1. The largest absolute Gasteiger partial charge is 0.391 e. The van der Waals surface area contributed by atoms with E-state index in [0.717, 1.165) is 31.9 Å². The van der Waals surface area contributed by atoms with Crippen LogP contribution < -0.4 is 0 Å². The second-order valence-electron chi connectivity index (χ2n) is 8.89. The lowest BCUT2D eigenvalue weighted by atomic mass is 9.82. The summed E-state index contributed by atoms with van der Waals surface area (Å²) in [4.78, 5) is 2.58. The average Bonchev–Trinajstić information content (AvgIpc) is 2.67. The molecule has 2 atom stereocenters. The molecule has 2 aliphatic carbocycles. The van der Waals surface area contributed by atoms with Crippen molar-refractivity contribution >= 4 is 0 Å². The van der Waals surface area contributed by atoms with Gasteiger partial charge in [-0.3, -0.25) is 4.90 Å². The minimum Gasteiger partial charge on any atom is -0.391 e. The van der Waals surface area contributed by atoms with E-state index in [0.29, 0.717) is 12.1 Å². The third kappa shape index (κ3) is 6.52. The summed E-state index contributed by atoms with van der Waals surface area (Å²) in [5, 5.41) is 10.9. The van der Waals surface area contributed by atoms with Gasteiger partial charge in [-0.1, -0.05) is 57.8 Å². The van der Waals surface area contributed by atoms with Crippen LogP contribution in [0.3, 0.4) is 0 Å². The van der Waals surface area contributed by atoms with Crippen LogP contribution in [-0.4, -0.2) is 48.0 Å². The second kappa shape index (κ2) is 10.9. The zero-order chi connectivity index (χ0) is 17.3. The maximum atomic E-state index is 10.9. The van der Waals surface area contributed by atoms with Crippen LogP contribution >= 0.6 is 0 Å². The smallest absolute Gasteiger partial charge is 0.0698 e. The van der Waals surface area contributed by atoms with Crippen LogP contribution in [0.4, 0.5) is 0 Å². The number of nitrogens with zero attached hydrogens (tertiary/aromatic N) is 1. The van der Waals surface area contributed by atoms with Gasteiger partial charge in [-0.15, -0.1) is 0 Å². The highest BCUT2D eigenvalue weighted by molar-refractivity contribution is 4.85. The molecule has 0 radical (unpaired) electrons. The molecular formula is C22H41NO2. The number of aliphatic hydroxyl groups excluding tert-OH is 1. The Morgan fingerprint density at radius 3 is 2.28 bits per heavy atom. The lowest BCUT2D eigenvalue weighted by molar-refractivity contribution is -0.00570. The van der Waals surface area contributed by atoms with E-state index in [-0.39, 0.29) is 6.10 Å². The highest BCUT2D eigenvalue weighted by atomic mass is 16.5. The molecule has 1 heterocycles. The molecule has 1 saturated heterocycles. The minimum absolute atomic E-state index is 0.109. The number of rotatable bonds is 8. The van der Waals surface area contributed by atoms with Crippen LogP contribution in [0.25, 0.3) is 0 Å². The first-order valence-corrected chi connectivity index (χ1v) is 11.4. The SMILES string of the molecule is OC(CC1CCCCC1)C1CCCCN1CCCOC1CCCCC1. The number of likely N-dealkylation sites (tertiary alicyclic amines) is 1. The Morgan fingerprint density at radius 2 is 1.52 bits per heavy atom. The number of hydrogen-bond donors (Lipinski definition) is 1. The molecule has 1 N–H and O–H groups in total. The van der Waals surface area contributed by atoms with Crippen molar-refractivity contribution in [2.24, 2.45) is 5.92 Å². The van der Waals surface area contributed by atoms with Gasteiger partial charge in [0.15, 0.2) is 0 Å². The third-order valence-electron chi connectivity index (χ3n) is 6.90. The van der Waals surface area contributed by atoms with E-state index in [2.05, 4.69) is 4.90 Å². The summed E-state index contributed by atoms with van der Waals surface area (Å²) < 4.78 is 6.10. The normalized spacial score (nSPS) is 28.9. The third-order valence-corrected chi connectivity index (χ3v) is 6.90. The molecule has 146 valence electrons. The fraction of sp³-hybridized carbons (Fsp3) is 1.00. The summed E-state index contributed by atoms with van der Waals surface area (Å²) in [5.74, 6) is 0.780. The maximum Gasteiger partial charge on any atom is 0.0698 e. The predicted molar refractivity (Wildman–Crippen MR) is 104 cm³/mol. The van der Waals surface area contributed by atoms with Gasteiger partial charge in [-0.25, -0.2) is 0 Å². The van der Waals surface area contributed by atoms with Crippen molar-refractivity contribution in [1.82, 2.24) is 4.90 Å². The Bertz CT molecular complexity index is 350. The highest BCUT2D eigenvalue weighted by Gasteiger charge is 2.30. The van der Waals surface area contributed by atoms with E-state index < -0.39 is 0 Å². The predicted octanol–water partition coefficient (Wildman–Crippen LogP) is 4.91. The minimum atomic E-state index is -0.109. The fourth-order valence-corrected chi connectivity index (χ4v) is 5.40. The fourth-order valence-electron chi connectivity index (χ4n) is 5.40. The summed E-state index contributed by atoms with van der Waals surface area (Å²) in [6.07, 6.45) is 19.9. The molecular weight excluding hydrogens is 310 g/mol. The standard InChI is InChI=1S/C22H41NO2/c24-22(18-19-10-3-1-4-11-19)21-14-7-8-15-23(21)16-9-17-25-20-12-5-2-6-13-20/h19-22,24H,1-18H2. The summed E-state index contributed by atoms with van der Waals surface area (Å²) in [7, 11) is 0. The first-order valence-electron chi connectivity index (χ1n) is 11.4. The van der Waals surface area contributed by atoms with Gasteiger partial charge in [0, 0.05) is 19.2 Å². The molecule has 0 bridgehead atoms. The van der Waals surface area contributed by atoms with Gasteiger partial charge in [0.25, 0.3) is 0 Å². The molecule has 3 rings (SSSR count). The Labute approximate surface area is 155 Å². The van der Waals surface area contributed by atoms with E-state index >= 15 is 0 Å². The average molecular weight is 352 g/mol. The lowest BCUT2D eigenvalue weighted by Crippen LogP contribution is -2.48. The molecule has 1 aliphatic heterocycles. The van der Waals surface area contributed by atoms with Gasteiger partial charge in [0.2, 0.25) is 0 Å². The molecule has 3 nitrogen and oxygen atoms in total. The van der Waals surface area contributed by atoms with Crippen molar-refractivity contribution in [1.29, 1.82) is 0 Å². The molecule has 0 aromatic carbocycles. The summed E-state index contributed by atoms with van der Waals surface area (Å²) in [5.41, 5.74) is 0. The summed E-state index contributed by atoms with van der Waals surface area (Å²) in [6.45, 7) is 3.20. The molecule has 3 aliphatic rings. The van der Waals surface area contributed by atoms with Crippen LogP contribution in [-0.2, 0) is 4.74 Å². The number of ether oxygens (including phenoxy) is 1. The summed E-state index contributed by atoms with van der Waals surface area (Å²) in [6, 6.07) is 0.408. The Morgan fingerprint density at radius 1 is 0.840 bits per heavy atom. The van der Waals surface area contributed by atoms with Gasteiger partial charge in [0.1, 0.15) is 0 Å². The van der Waals surface area contributed by atoms with E-state index in [4.69, 9.17) is 4.74 Å². The first kappa shape index (κ1) is 19.6. The molecule has 0 aromatic heterocycles. The monoisotopic (exact) mass is 351 g/mol. The van der Waals surface area contributed by atoms with Crippen molar-refractivity contribution < 1.29 is 9.84 Å². The van der Waals surface area contributed by atoms with Crippen molar-refractivity contribution in [3.8, 4) is 0 Å². The zero-order valence-electron chi connectivity index (χ0n) is 16.3. The van der Waals surface area contributed by atoms with Crippen LogP contribution in [0.1, 0.15) is 96.3 Å². The second-order valence-corrected chi connectivity index (χ2v) is 8.89. The van der Waals surface area contributed by atoms with E-state index in [1.807, 2.05) is 0 Å². The van der Waals surface area contributed by atoms with Crippen molar-refractivity contribution in [3.05, 3.63) is 0 Å². The van der Waals surface area contributed by atoms with Gasteiger partial charge < -0.3 is 9.84 Å². The Hall–Kier alpha value is -0.120. The molecule has 0 amide bonds. The van der Waals surface area contributed by atoms with Crippen molar-refractivity contribution in [2.75, 3.05) is 19.7 Å². The van der Waals surface area contributed by atoms with Crippen molar-refractivity contribution in [3.63, 3.8) is 0 Å². The van der Waals surface area contributed by atoms with E-state index in [1.165, 1.54) is 90.0 Å². The lowest BCUT2D eigenvalue weighted by Gasteiger charge is -2.40. The molecule has 3 heteroatoms. The van der Waals surface area contributed by atoms with Gasteiger partial charge in [0.05, 0.1) is 12.2 Å². The van der Waals surface area contributed by atoms with Gasteiger partial charge in [-0.05, 0) is 51.0 Å². The highest BCUT2D eigenvalue weighted by Crippen LogP contribution is 2.30. The molecule has 2 unspecified atom stereocenters. The Kier molecular flexibility index (Phi) is 8.55. The van der Waals surface area contributed by atoms with Gasteiger partial charge >= 0.3 is 0 Å². The van der Waals surface area contributed by atoms with Crippen LogP contribution in [0, 0.1) is 5.92 Å². The first-order chi connectivity index (χ1) is 12.3. The molecule has 3 fully saturated rings. The molecule has 0 aromatic rings. The quantitative estimate of drug-likeness (QED) is 0.631.